The third kappa shape index (κ3) is 12.5. The zero-order chi connectivity index (χ0) is 40.2. The molecule has 14 nitrogen and oxygen atoms in total. The van der Waals surface area contributed by atoms with Crippen LogP contribution in [0.15, 0.2) is 78.0 Å². The van der Waals surface area contributed by atoms with Crippen LogP contribution in [0.3, 0.4) is 0 Å². The summed E-state index contributed by atoms with van der Waals surface area (Å²) in [4.78, 5) is 52.8. The highest BCUT2D eigenvalue weighted by Crippen LogP contribution is 2.39. The van der Waals surface area contributed by atoms with E-state index in [-0.39, 0.29) is 31.8 Å². The smallest absolute Gasteiger partial charge is 0.303 e. The number of pyridine rings is 1. The summed E-state index contributed by atoms with van der Waals surface area (Å²) in [5, 5.41) is 13.6. The van der Waals surface area contributed by atoms with Gasteiger partial charge in [-0.1, -0.05) is 66.8 Å². The van der Waals surface area contributed by atoms with Gasteiger partial charge in [-0.15, -0.1) is 11.8 Å². The van der Waals surface area contributed by atoms with Crippen LogP contribution in [0.4, 0.5) is 0 Å². The molecule has 0 amide bonds. The van der Waals surface area contributed by atoms with Crippen LogP contribution in [0.25, 0.3) is 0 Å². The number of hydrogen-bond donors (Lipinski definition) is 2. The summed E-state index contributed by atoms with van der Waals surface area (Å²) in [5.74, 6) is -2.02. The van der Waals surface area contributed by atoms with E-state index < -0.39 is 60.7 Å². The van der Waals surface area contributed by atoms with Gasteiger partial charge in [0.05, 0.1) is 28.8 Å². The van der Waals surface area contributed by atoms with Gasteiger partial charge in [0.2, 0.25) is 0 Å². The summed E-state index contributed by atoms with van der Waals surface area (Å²) in [6.45, 7) is 4.71. The van der Waals surface area contributed by atoms with E-state index in [0.29, 0.717) is 23.7 Å². The van der Waals surface area contributed by atoms with Gasteiger partial charge in [0.15, 0.2) is 24.6 Å². The Balaban J connectivity index is 1.26. The SMILES string of the molecule is CC(=O)OC[C@H]1O[C@@H](CC(=S)NCc2ccc(C3O[C@H](CSc4ccccn4)C[C@H](c4ccc(CO)cc4)O3)cc2)[C@H](OC(C)=O)[C@@H](OC(C)=O)[C@@H]1OC(C)=O. The van der Waals surface area contributed by atoms with Crippen LogP contribution in [0.5, 0.6) is 0 Å². The Kier molecular flexibility index (Phi) is 15.7. The number of nitrogens with one attached hydrogen (secondary N) is 1. The predicted molar refractivity (Wildman–Crippen MR) is 206 cm³/mol. The molecule has 0 saturated carbocycles. The van der Waals surface area contributed by atoms with E-state index in [4.69, 9.17) is 45.4 Å². The Morgan fingerprint density at radius 2 is 1.41 bits per heavy atom. The standard InChI is InChI=1S/C40H46N2O12S2/c1-23(44)48-21-34-38(50-25(3)46)39(51-26(4)47)37(49-24(2)45)33(53-34)18-35(55)42-19-27-8-14-30(15-9-27)40-52-31(22-56-36-7-5-6-16-41-36)17-32(54-40)29-12-10-28(20-43)11-13-29/h5-16,31-34,37-40,43H,17-22H2,1-4H3,(H,42,55)/t31-,32+,33-,34+,37-,38+,39+,40?/m0/s1. The first-order chi connectivity index (χ1) is 26.9. The maximum absolute atomic E-state index is 12.2. The molecule has 2 aliphatic heterocycles. The second-order valence-electron chi connectivity index (χ2n) is 13.3. The van der Waals surface area contributed by atoms with Crippen LogP contribution < -0.4 is 5.32 Å². The lowest BCUT2D eigenvalue weighted by Crippen LogP contribution is -2.62. The summed E-state index contributed by atoms with van der Waals surface area (Å²) in [7, 11) is 0. The molecule has 2 saturated heterocycles. The average Bonchev–Trinajstić information content (AvgIpc) is 3.18. The number of esters is 4. The Bertz CT molecular complexity index is 1800. The van der Waals surface area contributed by atoms with E-state index in [0.717, 1.165) is 27.3 Å². The van der Waals surface area contributed by atoms with Crippen molar-refractivity contribution in [2.45, 2.75) is 108 Å². The predicted octanol–water partition coefficient (Wildman–Crippen LogP) is 4.84. The summed E-state index contributed by atoms with van der Waals surface area (Å²) >= 11 is 7.30. The van der Waals surface area contributed by atoms with Gasteiger partial charge in [0, 0.05) is 64.6 Å². The molecular formula is C40H46N2O12S2. The van der Waals surface area contributed by atoms with E-state index in [1.165, 1.54) is 27.7 Å². The third-order valence-electron chi connectivity index (χ3n) is 8.89. The second kappa shape index (κ2) is 20.6. The molecule has 0 bridgehead atoms. The average molecular weight is 811 g/mol. The lowest BCUT2D eigenvalue weighted by molar-refractivity contribution is -0.251. The minimum atomic E-state index is -1.27. The molecule has 2 aliphatic rings. The van der Waals surface area contributed by atoms with Crippen LogP contribution in [0.2, 0.25) is 0 Å². The first-order valence-electron chi connectivity index (χ1n) is 18.1. The third-order valence-corrected chi connectivity index (χ3v) is 10.3. The highest BCUT2D eigenvalue weighted by Gasteiger charge is 2.52. The van der Waals surface area contributed by atoms with E-state index in [1.807, 2.05) is 66.7 Å². The molecule has 16 heteroatoms. The number of thiocarbonyl (C=S) groups is 1. The number of thioether (sulfide) groups is 1. The zero-order valence-electron chi connectivity index (χ0n) is 31.5. The second-order valence-corrected chi connectivity index (χ2v) is 14.8. The number of benzene rings is 2. The lowest BCUT2D eigenvalue weighted by atomic mass is 9.92. The molecule has 56 heavy (non-hydrogen) atoms. The number of aliphatic hydroxyl groups excluding tert-OH is 1. The summed E-state index contributed by atoms with van der Waals surface area (Å²) in [6.07, 6.45) is -4.30. The number of carbonyl (C=O) groups is 4. The molecule has 5 rings (SSSR count). The minimum Gasteiger partial charge on any atom is -0.463 e. The fraction of sp³-hybridized carbons (Fsp3) is 0.450. The van der Waals surface area contributed by atoms with Crippen molar-refractivity contribution in [3.8, 4) is 0 Å². The van der Waals surface area contributed by atoms with Crippen molar-refractivity contribution in [1.82, 2.24) is 10.3 Å². The number of rotatable bonds is 15. The number of aliphatic hydroxyl groups is 1. The largest absolute Gasteiger partial charge is 0.463 e. The van der Waals surface area contributed by atoms with E-state index in [2.05, 4.69) is 10.3 Å². The molecule has 0 radical (unpaired) electrons. The van der Waals surface area contributed by atoms with Crippen molar-refractivity contribution in [2.24, 2.45) is 0 Å². The summed E-state index contributed by atoms with van der Waals surface area (Å²) in [5.41, 5.74) is 3.54. The topological polar surface area (TPSA) is 178 Å². The molecule has 3 heterocycles. The molecule has 3 aromatic rings. The van der Waals surface area contributed by atoms with Gasteiger partial charge in [0.1, 0.15) is 18.8 Å². The number of nitrogens with zero attached hydrogens (tertiary/aromatic N) is 1. The Hall–Kier alpha value is -4.45. The van der Waals surface area contributed by atoms with Crippen LogP contribution >= 0.6 is 24.0 Å². The first kappa shape index (κ1) is 42.7. The highest BCUT2D eigenvalue weighted by atomic mass is 32.2. The van der Waals surface area contributed by atoms with Crippen LogP contribution in [0, 0.1) is 0 Å². The van der Waals surface area contributed by atoms with Crippen LogP contribution in [-0.4, -0.2) is 87.9 Å². The maximum atomic E-state index is 12.2. The van der Waals surface area contributed by atoms with Crippen molar-refractivity contribution in [3.05, 3.63) is 95.2 Å². The van der Waals surface area contributed by atoms with Gasteiger partial charge in [-0.25, -0.2) is 4.98 Å². The van der Waals surface area contributed by atoms with Gasteiger partial charge in [-0.05, 0) is 28.8 Å². The Labute approximate surface area is 334 Å². The number of hydrogen-bond acceptors (Lipinski definition) is 15. The molecule has 1 unspecified atom stereocenters. The van der Waals surface area contributed by atoms with Crippen molar-refractivity contribution < 1.29 is 57.4 Å². The van der Waals surface area contributed by atoms with Crippen LogP contribution in [0.1, 0.15) is 75.2 Å². The first-order valence-corrected chi connectivity index (χ1v) is 19.5. The van der Waals surface area contributed by atoms with Crippen LogP contribution in [-0.2, 0) is 65.5 Å². The number of ether oxygens (including phenoxy) is 7. The van der Waals surface area contributed by atoms with Crippen molar-refractivity contribution >= 4 is 52.8 Å². The summed E-state index contributed by atoms with van der Waals surface area (Å²) in [6, 6.07) is 21.3. The van der Waals surface area contributed by atoms with E-state index >= 15 is 0 Å². The van der Waals surface area contributed by atoms with Gasteiger partial charge in [-0.3, -0.25) is 19.2 Å². The molecule has 0 aliphatic carbocycles. The highest BCUT2D eigenvalue weighted by molar-refractivity contribution is 7.99. The summed E-state index contributed by atoms with van der Waals surface area (Å²) < 4.78 is 40.9. The molecule has 2 N–H and O–H groups in total. The molecule has 0 spiro atoms. The minimum absolute atomic E-state index is 0.0226. The lowest BCUT2D eigenvalue weighted by Gasteiger charge is -2.44. The molecule has 2 aromatic carbocycles. The number of carbonyl (C=O) groups excluding carboxylic acids is 4. The van der Waals surface area contributed by atoms with Crippen molar-refractivity contribution in [3.63, 3.8) is 0 Å². The Morgan fingerprint density at radius 1 is 0.786 bits per heavy atom. The molecule has 8 atom stereocenters. The van der Waals surface area contributed by atoms with Gasteiger partial charge in [-0.2, -0.15) is 0 Å². The van der Waals surface area contributed by atoms with Gasteiger partial charge < -0.3 is 43.6 Å². The molecule has 2 fully saturated rings. The molecule has 300 valence electrons. The zero-order valence-corrected chi connectivity index (χ0v) is 33.1. The molecular weight excluding hydrogens is 765 g/mol. The maximum Gasteiger partial charge on any atom is 0.303 e. The van der Waals surface area contributed by atoms with E-state index in [1.54, 1.807) is 18.0 Å². The quantitative estimate of drug-likeness (QED) is 0.0921. The normalized spacial score (nSPS) is 24.7. The fourth-order valence-corrected chi connectivity index (χ4v) is 7.48. The van der Waals surface area contributed by atoms with Crippen molar-refractivity contribution in [2.75, 3.05) is 12.4 Å². The van der Waals surface area contributed by atoms with Gasteiger partial charge in [0.25, 0.3) is 0 Å². The van der Waals surface area contributed by atoms with E-state index in [9.17, 15) is 24.3 Å². The van der Waals surface area contributed by atoms with Crippen molar-refractivity contribution in [1.29, 1.82) is 0 Å². The Morgan fingerprint density at radius 3 is 2.02 bits per heavy atom. The monoisotopic (exact) mass is 810 g/mol. The molecule has 1 aromatic heterocycles. The number of aromatic nitrogens is 1. The fourth-order valence-electron chi connectivity index (χ4n) is 6.36. The van der Waals surface area contributed by atoms with Gasteiger partial charge >= 0.3 is 23.9 Å².